The minimum Gasteiger partial charge on any atom is -0.350 e. The molecule has 150 valence electrons. The molecule has 2 amide bonds. The standard InChI is InChI=1S/C19H26N6O2S/c26-18(21-6-14-10-28-12-24-14)5-15-3-4-16(25(15)9-13-1-2-13)7-22-19(27)17-8-20-11-23-17/h8,10-13,15-16H,1-7,9H2,(H,20,23)(H,21,26)(H,22,27)/t15-,16+/m1/s1. The van der Waals surface area contributed by atoms with E-state index in [9.17, 15) is 9.59 Å². The van der Waals surface area contributed by atoms with Crippen molar-refractivity contribution in [1.82, 2.24) is 30.5 Å². The van der Waals surface area contributed by atoms with Gasteiger partial charge in [-0.25, -0.2) is 9.97 Å². The van der Waals surface area contributed by atoms with Gasteiger partial charge in [0.2, 0.25) is 5.91 Å². The van der Waals surface area contributed by atoms with Gasteiger partial charge >= 0.3 is 0 Å². The van der Waals surface area contributed by atoms with E-state index < -0.39 is 0 Å². The zero-order valence-electron chi connectivity index (χ0n) is 15.8. The van der Waals surface area contributed by atoms with E-state index in [1.807, 2.05) is 5.38 Å². The average molecular weight is 403 g/mol. The molecule has 2 aromatic rings. The molecule has 2 aliphatic rings. The number of nitrogens with zero attached hydrogens (tertiary/aromatic N) is 3. The minimum absolute atomic E-state index is 0.0703. The Bertz CT molecular complexity index is 774. The third kappa shape index (κ3) is 4.96. The molecule has 9 heteroatoms. The van der Waals surface area contributed by atoms with E-state index in [4.69, 9.17) is 0 Å². The number of amides is 2. The molecule has 3 N–H and O–H groups in total. The highest BCUT2D eigenvalue weighted by Crippen LogP contribution is 2.35. The maximum Gasteiger partial charge on any atom is 0.269 e. The molecule has 0 radical (unpaired) electrons. The second-order valence-electron chi connectivity index (χ2n) is 7.66. The molecule has 8 nitrogen and oxygen atoms in total. The van der Waals surface area contributed by atoms with Crippen molar-refractivity contribution >= 4 is 23.2 Å². The van der Waals surface area contributed by atoms with Crippen LogP contribution in [0, 0.1) is 5.92 Å². The maximum absolute atomic E-state index is 12.4. The van der Waals surface area contributed by atoms with Crippen molar-refractivity contribution < 1.29 is 9.59 Å². The highest BCUT2D eigenvalue weighted by atomic mass is 32.1. The Morgan fingerprint density at radius 3 is 2.79 bits per heavy atom. The van der Waals surface area contributed by atoms with Gasteiger partial charge in [0.25, 0.3) is 5.91 Å². The predicted octanol–water partition coefficient (Wildman–Crippen LogP) is 1.55. The fourth-order valence-corrected chi connectivity index (χ4v) is 4.39. The number of aromatic amines is 1. The fourth-order valence-electron chi connectivity index (χ4n) is 3.84. The Balaban J connectivity index is 1.29. The lowest BCUT2D eigenvalue weighted by molar-refractivity contribution is -0.122. The lowest BCUT2D eigenvalue weighted by Crippen LogP contribution is -2.45. The molecular formula is C19H26N6O2S. The second-order valence-corrected chi connectivity index (χ2v) is 8.38. The molecule has 0 spiro atoms. The van der Waals surface area contributed by atoms with Crippen molar-refractivity contribution in [3.8, 4) is 0 Å². The monoisotopic (exact) mass is 402 g/mol. The van der Waals surface area contributed by atoms with Crippen molar-refractivity contribution in [2.75, 3.05) is 13.1 Å². The molecule has 1 saturated carbocycles. The molecule has 0 unspecified atom stereocenters. The number of aromatic nitrogens is 3. The second kappa shape index (κ2) is 8.83. The van der Waals surface area contributed by atoms with E-state index in [-0.39, 0.29) is 23.9 Å². The van der Waals surface area contributed by atoms with Crippen molar-refractivity contribution in [1.29, 1.82) is 0 Å². The molecule has 28 heavy (non-hydrogen) atoms. The summed E-state index contributed by atoms with van der Waals surface area (Å²) in [6, 6.07) is 0.522. The van der Waals surface area contributed by atoms with Gasteiger partial charge in [0.05, 0.1) is 30.3 Å². The van der Waals surface area contributed by atoms with Crippen molar-refractivity contribution in [2.45, 2.75) is 50.7 Å². The van der Waals surface area contributed by atoms with Crippen LogP contribution in [0.3, 0.4) is 0 Å². The van der Waals surface area contributed by atoms with E-state index in [2.05, 4.69) is 30.5 Å². The van der Waals surface area contributed by atoms with E-state index in [1.165, 1.54) is 36.7 Å². The molecule has 2 aromatic heterocycles. The summed E-state index contributed by atoms with van der Waals surface area (Å²) >= 11 is 1.53. The minimum atomic E-state index is -0.131. The molecule has 1 saturated heterocycles. The van der Waals surface area contributed by atoms with Crippen LogP contribution in [0.25, 0.3) is 0 Å². The van der Waals surface area contributed by atoms with Crippen molar-refractivity contribution in [3.05, 3.63) is 34.8 Å². The number of thiazole rings is 1. The first-order valence-corrected chi connectivity index (χ1v) is 10.8. The first kappa shape index (κ1) is 19.1. The number of hydrogen-bond donors (Lipinski definition) is 3. The topological polar surface area (TPSA) is 103 Å². The Morgan fingerprint density at radius 2 is 2.07 bits per heavy atom. The predicted molar refractivity (Wildman–Crippen MR) is 106 cm³/mol. The molecule has 2 fully saturated rings. The van der Waals surface area contributed by atoms with Crippen LogP contribution in [-0.2, 0) is 11.3 Å². The third-order valence-electron chi connectivity index (χ3n) is 5.55. The number of nitrogens with one attached hydrogen (secondary N) is 3. The Kier molecular flexibility index (Phi) is 6.01. The summed E-state index contributed by atoms with van der Waals surface area (Å²) in [5, 5.41) is 7.94. The summed E-state index contributed by atoms with van der Waals surface area (Å²) in [7, 11) is 0. The Labute approximate surface area is 168 Å². The van der Waals surface area contributed by atoms with Crippen LogP contribution in [0.15, 0.2) is 23.4 Å². The first-order valence-electron chi connectivity index (χ1n) is 9.85. The molecule has 4 rings (SSSR count). The summed E-state index contributed by atoms with van der Waals surface area (Å²) < 4.78 is 0. The van der Waals surface area contributed by atoms with Crippen LogP contribution in [0.1, 0.15) is 48.3 Å². The average Bonchev–Trinajstić information content (AvgIpc) is 3.12. The summed E-state index contributed by atoms with van der Waals surface area (Å²) in [6.45, 7) is 2.11. The molecule has 3 heterocycles. The molecule has 1 aliphatic heterocycles. The fraction of sp³-hybridized carbons (Fsp3) is 0.579. The number of H-pyrrole nitrogens is 1. The van der Waals surface area contributed by atoms with Gasteiger partial charge in [-0.2, -0.15) is 0 Å². The normalized spacial score (nSPS) is 22.3. The highest BCUT2D eigenvalue weighted by molar-refractivity contribution is 7.07. The van der Waals surface area contributed by atoms with Crippen LogP contribution in [0.2, 0.25) is 0 Å². The Morgan fingerprint density at radius 1 is 1.21 bits per heavy atom. The Hall–Kier alpha value is -2.26. The van der Waals surface area contributed by atoms with E-state index in [0.717, 1.165) is 31.0 Å². The van der Waals surface area contributed by atoms with Crippen molar-refractivity contribution in [2.24, 2.45) is 5.92 Å². The largest absolute Gasteiger partial charge is 0.350 e. The number of imidazole rings is 1. The third-order valence-corrected chi connectivity index (χ3v) is 6.18. The zero-order chi connectivity index (χ0) is 19.3. The van der Waals surface area contributed by atoms with Crippen LogP contribution in [0.5, 0.6) is 0 Å². The van der Waals surface area contributed by atoms with Gasteiger partial charge < -0.3 is 15.6 Å². The van der Waals surface area contributed by atoms with Gasteiger partial charge in [-0.05, 0) is 31.6 Å². The quantitative estimate of drug-likeness (QED) is 0.590. The first-order chi connectivity index (χ1) is 13.7. The summed E-state index contributed by atoms with van der Waals surface area (Å²) in [5.41, 5.74) is 3.15. The number of likely N-dealkylation sites (tertiary alicyclic amines) is 1. The number of carbonyl (C=O) groups is 2. The van der Waals surface area contributed by atoms with Gasteiger partial charge in [0.15, 0.2) is 0 Å². The van der Waals surface area contributed by atoms with Gasteiger partial charge in [-0.15, -0.1) is 11.3 Å². The van der Waals surface area contributed by atoms with Crippen LogP contribution < -0.4 is 10.6 Å². The van der Waals surface area contributed by atoms with Crippen LogP contribution in [-0.4, -0.2) is 56.8 Å². The number of rotatable bonds is 9. The zero-order valence-corrected chi connectivity index (χ0v) is 16.6. The van der Waals surface area contributed by atoms with E-state index >= 15 is 0 Å². The molecule has 0 aromatic carbocycles. The van der Waals surface area contributed by atoms with Gasteiger partial charge in [-0.1, -0.05) is 0 Å². The molecular weight excluding hydrogens is 376 g/mol. The lowest BCUT2D eigenvalue weighted by atomic mass is 10.1. The summed E-state index contributed by atoms with van der Waals surface area (Å²) in [6.07, 6.45) is 8.06. The highest BCUT2D eigenvalue weighted by Gasteiger charge is 2.38. The van der Waals surface area contributed by atoms with Gasteiger partial charge in [0.1, 0.15) is 5.69 Å². The van der Waals surface area contributed by atoms with Gasteiger partial charge in [0, 0.05) is 37.0 Å². The van der Waals surface area contributed by atoms with Crippen molar-refractivity contribution in [3.63, 3.8) is 0 Å². The lowest BCUT2D eigenvalue weighted by Gasteiger charge is -2.30. The van der Waals surface area contributed by atoms with Gasteiger partial charge in [-0.3, -0.25) is 14.5 Å². The molecule has 2 atom stereocenters. The van der Waals surface area contributed by atoms with Crippen LogP contribution >= 0.6 is 11.3 Å². The number of hydrogen-bond acceptors (Lipinski definition) is 6. The summed E-state index contributed by atoms with van der Waals surface area (Å²) in [5.74, 6) is 0.679. The van der Waals surface area contributed by atoms with Crippen LogP contribution in [0.4, 0.5) is 0 Å². The summed E-state index contributed by atoms with van der Waals surface area (Å²) in [4.78, 5) is 38.0. The van der Waals surface area contributed by atoms with E-state index in [1.54, 1.807) is 5.51 Å². The molecule has 0 bridgehead atoms. The smallest absolute Gasteiger partial charge is 0.269 e. The SMILES string of the molecule is O=C(C[C@H]1CC[C@@H](CNC(=O)c2cnc[nH]2)N1CC1CC1)NCc1cscn1. The number of carbonyl (C=O) groups excluding carboxylic acids is 2. The molecule has 1 aliphatic carbocycles. The maximum atomic E-state index is 12.4. The van der Waals surface area contributed by atoms with E-state index in [0.29, 0.717) is 25.2 Å².